The Morgan fingerprint density at radius 1 is 1.21 bits per heavy atom. The molecule has 7 nitrogen and oxygen atoms in total. The van der Waals surface area contributed by atoms with Crippen LogP contribution in [0.2, 0.25) is 0 Å². The van der Waals surface area contributed by atoms with Crippen molar-refractivity contribution in [3.8, 4) is 0 Å². The molecule has 0 aromatic carbocycles. The number of hydrogen-bond acceptors (Lipinski definition) is 5. The van der Waals surface area contributed by atoms with Crippen molar-refractivity contribution in [3.63, 3.8) is 0 Å². The topological polar surface area (TPSA) is 85.1 Å². The van der Waals surface area contributed by atoms with Gasteiger partial charge in [0.2, 0.25) is 5.91 Å². The molecule has 0 radical (unpaired) electrons. The van der Waals surface area contributed by atoms with Crippen LogP contribution in [0.4, 0.5) is 0 Å². The van der Waals surface area contributed by atoms with Crippen molar-refractivity contribution in [2.75, 3.05) is 52.5 Å². The van der Waals surface area contributed by atoms with Crippen molar-refractivity contribution in [2.45, 2.75) is 12.5 Å². The summed E-state index contributed by atoms with van der Waals surface area (Å²) in [5.74, 6) is -0.519. The average Bonchev–Trinajstić information content (AvgIpc) is 2.40. The summed E-state index contributed by atoms with van der Waals surface area (Å²) in [5.41, 5.74) is 4.25. The number of nitrogens with zero attached hydrogens (tertiary/aromatic N) is 2. The molecule has 2 aliphatic rings. The van der Waals surface area contributed by atoms with Crippen LogP contribution in [-0.4, -0.2) is 79.8 Å². The summed E-state index contributed by atoms with van der Waals surface area (Å²) in [7, 11) is 0. The highest BCUT2D eigenvalue weighted by atomic mass is 16.5. The quantitative estimate of drug-likeness (QED) is 0.670. The second-order valence-electron chi connectivity index (χ2n) is 5.15. The maximum atomic E-state index is 12.2. The Bertz CT molecular complexity index is 357. The van der Waals surface area contributed by atoms with Gasteiger partial charge in [0, 0.05) is 19.6 Å². The van der Waals surface area contributed by atoms with E-state index in [0.29, 0.717) is 32.9 Å². The summed E-state index contributed by atoms with van der Waals surface area (Å²) >= 11 is 0. The van der Waals surface area contributed by atoms with Gasteiger partial charge in [-0.2, -0.15) is 0 Å². The van der Waals surface area contributed by atoms with E-state index in [1.165, 1.54) is 0 Å². The van der Waals surface area contributed by atoms with Crippen LogP contribution in [-0.2, 0) is 19.1 Å². The maximum absolute atomic E-state index is 12.2. The lowest BCUT2D eigenvalue weighted by molar-refractivity contribution is -0.161. The van der Waals surface area contributed by atoms with Crippen LogP contribution in [0.3, 0.4) is 0 Å². The summed E-state index contributed by atoms with van der Waals surface area (Å²) in [6.07, 6.45) is 0. The molecule has 2 saturated heterocycles. The van der Waals surface area contributed by atoms with Gasteiger partial charge in [-0.1, -0.05) is 0 Å². The second kappa shape index (κ2) is 5.85. The van der Waals surface area contributed by atoms with E-state index in [1.807, 2.05) is 0 Å². The Kier molecular flexibility index (Phi) is 4.38. The SMILES string of the molecule is CC1(C(N)=O)CN(C(=O)CN2CCOCC2)CCO1. The van der Waals surface area contributed by atoms with E-state index >= 15 is 0 Å². The van der Waals surface area contributed by atoms with Crippen molar-refractivity contribution in [1.29, 1.82) is 0 Å². The van der Waals surface area contributed by atoms with Gasteiger partial charge in [-0.25, -0.2) is 0 Å². The van der Waals surface area contributed by atoms with E-state index in [9.17, 15) is 9.59 Å². The van der Waals surface area contributed by atoms with Gasteiger partial charge in [-0.3, -0.25) is 14.5 Å². The lowest BCUT2D eigenvalue weighted by Gasteiger charge is -2.39. The molecule has 0 saturated carbocycles. The van der Waals surface area contributed by atoms with Gasteiger partial charge in [0.05, 0.1) is 32.9 Å². The number of nitrogens with two attached hydrogens (primary N) is 1. The largest absolute Gasteiger partial charge is 0.379 e. The molecule has 0 aliphatic carbocycles. The lowest BCUT2D eigenvalue weighted by Crippen LogP contribution is -2.59. The van der Waals surface area contributed by atoms with Gasteiger partial charge >= 0.3 is 0 Å². The minimum atomic E-state index is -1.07. The Morgan fingerprint density at radius 3 is 2.53 bits per heavy atom. The molecule has 0 aromatic heterocycles. The molecule has 2 N–H and O–H groups in total. The number of morpholine rings is 2. The normalized spacial score (nSPS) is 29.2. The molecule has 2 rings (SSSR count). The molecule has 2 fully saturated rings. The van der Waals surface area contributed by atoms with Gasteiger partial charge in [-0.15, -0.1) is 0 Å². The molecule has 0 spiro atoms. The third-order valence-corrected chi connectivity index (χ3v) is 3.61. The first kappa shape index (κ1) is 14.2. The summed E-state index contributed by atoms with van der Waals surface area (Å²) in [6, 6.07) is 0. The highest BCUT2D eigenvalue weighted by Crippen LogP contribution is 2.17. The smallest absolute Gasteiger partial charge is 0.251 e. The van der Waals surface area contributed by atoms with Crippen molar-refractivity contribution < 1.29 is 19.1 Å². The zero-order valence-corrected chi connectivity index (χ0v) is 11.3. The predicted octanol–water partition coefficient (Wildman–Crippen LogP) is -1.58. The second-order valence-corrected chi connectivity index (χ2v) is 5.15. The molecule has 108 valence electrons. The van der Waals surface area contributed by atoms with Crippen LogP contribution in [0.15, 0.2) is 0 Å². The standard InChI is InChI=1S/C12H21N3O4/c1-12(11(13)17)9-15(4-7-19-12)10(16)8-14-2-5-18-6-3-14/h2-9H2,1H3,(H2,13,17). The van der Waals surface area contributed by atoms with Gasteiger partial charge < -0.3 is 20.1 Å². The molecular formula is C12H21N3O4. The van der Waals surface area contributed by atoms with Crippen molar-refractivity contribution >= 4 is 11.8 Å². The summed E-state index contributed by atoms with van der Waals surface area (Å²) in [5, 5.41) is 0. The predicted molar refractivity (Wildman–Crippen MR) is 67.4 cm³/mol. The molecule has 1 atom stereocenters. The number of amides is 2. The van der Waals surface area contributed by atoms with E-state index in [2.05, 4.69) is 4.90 Å². The Morgan fingerprint density at radius 2 is 1.89 bits per heavy atom. The highest BCUT2D eigenvalue weighted by Gasteiger charge is 2.39. The van der Waals surface area contributed by atoms with Gasteiger partial charge in [0.15, 0.2) is 5.60 Å². The van der Waals surface area contributed by atoms with E-state index in [4.69, 9.17) is 15.2 Å². The van der Waals surface area contributed by atoms with E-state index < -0.39 is 11.5 Å². The number of carbonyl (C=O) groups is 2. The Hall–Kier alpha value is -1.18. The lowest BCUT2D eigenvalue weighted by atomic mass is 10.0. The van der Waals surface area contributed by atoms with Crippen molar-refractivity contribution in [3.05, 3.63) is 0 Å². The van der Waals surface area contributed by atoms with Gasteiger partial charge in [-0.05, 0) is 6.92 Å². The Balaban J connectivity index is 1.89. The minimum absolute atomic E-state index is 0.0117. The first-order chi connectivity index (χ1) is 9.01. The minimum Gasteiger partial charge on any atom is -0.379 e. The Labute approximate surface area is 112 Å². The summed E-state index contributed by atoms with van der Waals surface area (Å²) in [6.45, 7) is 5.92. The van der Waals surface area contributed by atoms with Gasteiger partial charge in [0.1, 0.15) is 0 Å². The van der Waals surface area contributed by atoms with E-state index in [0.717, 1.165) is 13.1 Å². The first-order valence-corrected chi connectivity index (χ1v) is 6.53. The third-order valence-electron chi connectivity index (χ3n) is 3.61. The van der Waals surface area contributed by atoms with Crippen LogP contribution < -0.4 is 5.73 Å². The number of primary amides is 1. The molecule has 2 aliphatic heterocycles. The van der Waals surface area contributed by atoms with E-state index in [1.54, 1.807) is 11.8 Å². The number of ether oxygens (including phenoxy) is 2. The molecule has 19 heavy (non-hydrogen) atoms. The molecular weight excluding hydrogens is 250 g/mol. The molecule has 7 heteroatoms. The maximum Gasteiger partial charge on any atom is 0.251 e. The van der Waals surface area contributed by atoms with Crippen LogP contribution in [0.25, 0.3) is 0 Å². The number of rotatable bonds is 3. The summed E-state index contributed by atoms with van der Waals surface area (Å²) < 4.78 is 10.6. The zero-order chi connectivity index (χ0) is 13.9. The zero-order valence-electron chi connectivity index (χ0n) is 11.3. The van der Waals surface area contributed by atoms with Crippen LogP contribution in [0.5, 0.6) is 0 Å². The van der Waals surface area contributed by atoms with Crippen LogP contribution in [0, 0.1) is 0 Å². The van der Waals surface area contributed by atoms with Crippen molar-refractivity contribution in [1.82, 2.24) is 9.80 Å². The fourth-order valence-electron chi connectivity index (χ4n) is 2.28. The van der Waals surface area contributed by atoms with Gasteiger partial charge in [0.25, 0.3) is 5.91 Å². The van der Waals surface area contributed by atoms with Crippen LogP contribution >= 0.6 is 0 Å². The van der Waals surface area contributed by atoms with Crippen LogP contribution in [0.1, 0.15) is 6.92 Å². The fraction of sp³-hybridized carbons (Fsp3) is 0.833. The number of carbonyl (C=O) groups excluding carboxylic acids is 2. The van der Waals surface area contributed by atoms with E-state index in [-0.39, 0.29) is 12.5 Å². The molecule has 0 aromatic rings. The summed E-state index contributed by atoms with van der Waals surface area (Å²) in [4.78, 5) is 27.3. The molecule has 2 amide bonds. The fourth-order valence-corrected chi connectivity index (χ4v) is 2.28. The third kappa shape index (κ3) is 3.43. The van der Waals surface area contributed by atoms with Crippen molar-refractivity contribution in [2.24, 2.45) is 5.73 Å². The monoisotopic (exact) mass is 271 g/mol. The molecule has 0 bridgehead atoms. The molecule has 2 heterocycles. The number of hydrogen-bond donors (Lipinski definition) is 1. The highest BCUT2D eigenvalue weighted by molar-refractivity contribution is 5.85. The first-order valence-electron chi connectivity index (χ1n) is 6.53. The average molecular weight is 271 g/mol. The molecule has 1 unspecified atom stereocenters.